The Balaban J connectivity index is 2.59. The number of carbonyl (C=O) groups is 1. The largest absolute Gasteiger partial charge is 0.417 e. The highest BCUT2D eigenvalue weighted by Crippen LogP contribution is 2.35. The molecule has 1 amide bonds. The minimum Gasteiger partial charge on any atom is -0.379 e. The molecule has 1 aromatic carbocycles. The van der Waals surface area contributed by atoms with Crippen molar-refractivity contribution in [2.45, 2.75) is 20.0 Å². The lowest BCUT2D eigenvalue weighted by Crippen LogP contribution is -2.28. The van der Waals surface area contributed by atoms with Crippen molar-refractivity contribution in [2.75, 3.05) is 19.8 Å². The zero-order valence-electron chi connectivity index (χ0n) is 11.8. The molecule has 1 aromatic rings. The summed E-state index contributed by atoms with van der Waals surface area (Å²) in [5.41, 5.74) is -0.902. The molecule has 21 heavy (non-hydrogen) atoms. The molecule has 0 unspecified atom stereocenters. The molecule has 0 atom stereocenters. The predicted octanol–water partition coefficient (Wildman–Crippen LogP) is 3.87. The van der Waals surface area contributed by atoms with Crippen molar-refractivity contribution in [2.24, 2.45) is 5.92 Å². The van der Waals surface area contributed by atoms with Gasteiger partial charge in [-0.05, 0) is 24.1 Å². The number of hydrogen-bond donors (Lipinski definition) is 1. The summed E-state index contributed by atoms with van der Waals surface area (Å²) in [4.78, 5) is 11.8. The Morgan fingerprint density at radius 2 is 2.05 bits per heavy atom. The number of hydrogen-bond acceptors (Lipinski definition) is 2. The Bertz CT molecular complexity index is 490. The molecule has 0 aliphatic carbocycles. The normalized spacial score (nSPS) is 11.8. The van der Waals surface area contributed by atoms with Crippen LogP contribution in [0.1, 0.15) is 29.8 Å². The van der Waals surface area contributed by atoms with Crippen LogP contribution >= 0.6 is 15.9 Å². The molecular formula is C14H17BrF3NO2. The number of amides is 1. The van der Waals surface area contributed by atoms with Gasteiger partial charge in [0.2, 0.25) is 0 Å². The fourth-order valence-electron chi connectivity index (χ4n) is 1.54. The van der Waals surface area contributed by atoms with Gasteiger partial charge < -0.3 is 10.1 Å². The van der Waals surface area contributed by atoms with E-state index in [1.54, 1.807) is 0 Å². The summed E-state index contributed by atoms with van der Waals surface area (Å²) in [6.45, 7) is 5.15. The Hall–Kier alpha value is -1.08. The summed E-state index contributed by atoms with van der Waals surface area (Å²) in [6.07, 6.45) is -4.50. The fourth-order valence-corrected chi connectivity index (χ4v) is 2.01. The number of carbonyl (C=O) groups excluding carboxylic acids is 1. The Kier molecular flexibility index (Phi) is 6.67. The third kappa shape index (κ3) is 6.05. The van der Waals surface area contributed by atoms with Gasteiger partial charge in [0, 0.05) is 23.2 Å². The first-order chi connectivity index (χ1) is 9.71. The van der Waals surface area contributed by atoms with Gasteiger partial charge in [0.25, 0.3) is 5.91 Å². The minimum atomic E-state index is -4.50. The van der Waals surface area contributed by atoms with Gasteiger partial charge in [0.05, 0.1) is 12.2 Å². The van der Waals surface area contributed by atoms with Gasteiger partial charge in [0.15, 0.2) is 0 Å². The maximum atomic E-state index is 12.7. The van der Waals surface area contributed by atoms with E-state index in [-0.39, 0.29) is 16.6 Å². The first-order valence-electron chi connectivity index (χ1n) is 6.44. The van der Waals surface area contributed by atoms with Crippen LogP contribution in [0, 0.1) is 5.92 Å². The van der Waals surface area contributed by atoms with E-state index in [9.17, 15) is 18.0 Å². The number of halogens is 4. The van der Waals surface area contributed by atoms with E-state index in [2.05, 4.69) is 21.2 Å². The molecule has 0 radical (unpaired) electrons. The second kappa shape index (κ2) is 7.79. The summed E-state index contributed by atoms with van der Waals surface area (Å²) in [6, 6.07) is 3.38. The lowest BCUT2D eigenvalue weighted by Gasteiger charge is -2.11. The number of nitrogens with one attached hydrogen (secondary N) is 1. The summed E-state index contributed by atoms with van der Waals surface area (Å²) in [5, 5.41) is 2.52. The Morgan fingerprint density at radius 1 is 1.38 bits per heavy atom. The molecule has 0 aliphatic heterocycles. The molecule has 1 rings (SSSR count). The zero-order chi connectivity index (χ0) is 16.0. The van der Waals surface area contributed by atoms with Crippen LogP contribution in [0.4, 0.5) is 13.2 Å². The zero-order valence-corrected chi connectivity index (χ0v) is 13.3. The van der Waals surface area contributed by atoms with E-state index in [0.717, 1.165) is 6.07 Å². The first kappa shape index (κ1) is 18.0. The smallest absolute Gasteiger partial charge is 0.379 e. The van der Waals surface area contributed by atoms with E-state index < -0.39 is 17.6 Å². The van der Waals surface area contributed by atoms with Crippen molar-refractivity contribution in [3.8, 4) is 0 Å². The number of ether oxygens (including phenoxy) is 1. The van der Waals surface area contributed by atoms with E-state index in [1.807, 2.05) is 13.8 Å². The van der Waals surface area contributed by atoms with E-state index in [4.69, 9.17) is 4.74 Å². The molecule has 118 valence electrons. The third-order valence-corrected chi connectivity index (χ3v) is 3.21. The number of rotatable bonds is 6. The van der Waals surface area contributed by atoms with Crippen molar-refractivity contribution in [1.82, 2.24) is 5.32 Å². The molecule has 0 aromatic heterocycles. The van der Waals surface area contributed by atoms with Crippen molar-refractivity contribution in [3.05, 3.63) is 33.8 Å². The molecule has 0 aliphatic rings. The molecule has 3 nitrogen and oxygen atoms in total. The van der Waals surface area contributed by atoms with Gasteiger partial charge in [-0.15, -0.1) is 0 Å². The molecule has 0 heterocycles. The van der Waals surface area contributed by atoms with Gasteiger partial charge in [-0.25, -0.2) is 0 Å². The topological polar surface area (TPSA) is 38.3 Å². The van der Waals surface area contributed by atoms with Crippen LogP contribution in [0.5, 0.6) is 0 Å². The van der Waals surface area contributed by atoms with E-state index >= 15 is 0 Å². The van der Waals surface area contributed by atoms with Crippen LogP contribution in [0.2, 0.25) is 0 Å². The Morgan fingerprint density at radius 3 is 2.62 bits per heavy atom. The third-order valence-electron chi connectivity index (χ3n) is 2.52. The summed E-state index contributed by atoms with van der Waals surface area (Å²) < 4.78 is 43.4. The highest BCUT2D eigenvalue weighted by atomic mass is 79.9. The van der Waals surface area contributed by atoms with Crippen LogP contribution < -0.4 is 5.32 Å². The average Bonchev–Trinajstić information content (AvgIpc) is 2.36. The first-order valence-corrected chi connectivity index (χ1v) is 7.23. The molecule has 7 heteroatoms. The average molecular weight is 368 g/mol. The minimum absolute atomic E-state index is 0.0330. The monoisotopic (exact) mass is 367 g/mol. The van der Waals surface area contributed by atoms with Crippen LogP contribution in [0.15, 0.2) is 22.7 Å². The van der Waals surface area contributed by atoms with Gasteiger partial charge >= 0.3 is 6.18 Å². The maximum absolute atomic E-state index is 12.7. The molecule has 0 fully saturated rings. The summed E-state index contributed by atoms with van der Waals surface area (Å²) in [7, 11) is 0. The van der Waals surface area contributed by atoms with Crippen molar-refractivity contribution in [1.29, 1.82) is 0 Å². The van der Waals surface area contributed by atoms with Crippen molar-refractivity contribution >= 4 is 21.8 Å². The fraction of sp³-hybridized carbons (Fsp3) is 0.500. The van der Waals surface area contributed by atoms with Crippen LogP contribution in [0.25, 0.3) is 0 Å². The van der Waals surface area contributed by atoms with Gasteiger partial charge in [-0.2, -0.15) is 13.2 Å². The lowest BCUT2D eigenvalue weighted by atomic mass is 10.1. The van der Waals surface area contributed by atoms with Crippen LogP contribution in [-0.2, 0) is 10.9 Å². The molecular weight excluding hydrogens is 351 g/mol. The standard InChI is InChI=1S/C14H17BrF3NO2/c1-9(2)8-21-6-5-19-13(20)10-3-4-12(15)11(7-10)14(16,17)18/h3-4,7,9H,5-6,8H2,1-2H3,(H,19,20). The number of alkyl halides is 3. The molecule has 1 N–H and O–H groups in total. The molecule has 0 saturated carbocycles. The van der Waals surface area contributed by atoms with Crippen LogP contribution in [0.3, 0.4) is 0 Å². The Labute approximate surface area is 130 Å². The van der Waals surface area contributed by atoms with E-state index in [0.29, 0.717) is 19.1 Å². The second-order valence-electron chi connectivity index (χ2n) is 4.92. The quantitative estimate of drug-likeness (QED) is 0.775. The molecule has 0 spiro atoms. The SMILES string of the molecule is CC(C)COCCNC(=O)c1ccc(Br)c(C(F)(F)F)c1. The van der Waals surface area contributed by atoms with Gasteiger partial charge in [0.1, 0.15) is 0 Å². The van der Waals surface area contributed by atoms with Gasteiger partial charge in [-0.1, -0.05) is 29.8 Å². The maximum Gasteiger partial charge on any atom is 0.417 e. The highest BCUT2D eigenvalue weighted by Gasteiger charge is 2.33. The van der Waals surface area contributed by atoms with Crippen molar-refractivity contribution < 1.29 is 22.7 Å². The predicted molar refractivity (Wildman–Crippen MR) is 77.1 cm³/mol. The van der Waals surface area contributed by atoms with E-state index in [1.165, 1.54) is 12.1 Å². The number of benzene rings is 1. The lowest BCUT2D eigenvalue weighted by molar-refractivity contribution is -0.138. The summed E-state index contributed by atoms with van der Waals surface area (Å²) >= 11 is 2.83. The second-order valence-corrected chi connectivity index (χ2v) is 5.77. The van der Waals surface area contributed by atoms with Crippen molar-refractivity contribution in [3.63, 3.8) is 0 Å². The highest BCUT2D eigenvalue weighted by molar-refractivity contribution is 9.10. The summed E-state index contributed by atoms with van der Waals surface area (Å²) in [5.74, 6) is -0.164. The molecule has 0 saturated heterocycles. The molecule has 0 bridgehead atoms. The van der Waals surface area contributed by atoms with Crippen LogP contribution in [-0.4, -0.2) is 25.7 Å². The van der Waals surface area contributed by atoms with Gasteiger partial charge in [-0.3, -0.25) is 4.79 Å².